The van der Waals surface area contributed by atoms with Crippen molar-refractivity contribution in [3.05, 3.63) is 101 Å². The molecule has 3 amide bonds. The molecule has 1 aliphatic heterocycles. The number of benzene rings is 3. The standard InChI is InChI=1S/C36H40N6O5/c1-24-9-10-26(19-25(24)2)29-22-38-36(39-23-29)41-35(46)31-21-30(42-14-4-3-5-15-42)11-12-32(31)40-34(45)28-8-6-7-27(20-28)33(44)37-13-17-47-18-16-43/h6-12,19-23,43H,3-5,13-18H2,1-2H3,(H,37,44)(H,40,45)(H,38,39,41,46). The first-order valence-electron chi connectivity index (χ1n) is 15.8. The van der Waals surface area contributed by atoms with E-state index in [0.29, 0.717) is 11.3 Å². The average Bonchev–Trinajstić information content (AvgIpc) is 3.10. The number of amides is 3. The maximum atomic E-state index is 13.7. The molecular formula is C36H40N6O5. The Morgan fingerprint density at radius 1 is 0.787 bits per heavy atom. The fourth-order valence-electron chi connectivity index (χ4n) is 5.31. The van der Waals surface area contributed by atoms with Gasteiger partial charge in [0.25, 0.3) is 17.7 Å². The molecule has 1 aromatic heterocycles. The van der Waals surface area contributed by atoms with Gasteiger partial charge in [-0.25, -0.2) is 9.97 Å². The Bertz CT molecular complexity index is 1720. The molecule has 1 saturated heterocycles. The highest BCUT2D eigenvalue weighted by Gasteiger charge is 2.20. The zero-order valence-corrected chi connectivity index (χ0v) is 26.7. The molecule has 11 nitrogen and oxygen atoms in total. The fraction of sp³-hybridized carbons (Fsp3) is 0.306. The molecule has 2 heterocycles. The number of nitrogens with one attached hydrogen (secondary N) is 3. The molecule has 0 aliphatic carbocycles. The predicted molar refractivity (Wildman–Crippen MR) is 182 cm³/mol. The van der Waals surface area contributed by atoms with Crippen LogP contribution < -0.4 is 20.9 Å². The lowest BCUT2D eigenvalue weighted by molar-refractivity contribution is 0.0838. The SMILES string of the molecule is Cc1ccc(-c2cnc(NC(=O)c3cc(N4CCCCC4)ccc3NC(=O)c3cccc(C(=O)NCCOCCO)c3)nc2)cc1C. The highest BCUT2D eigenvalue weighted by atomic mass is 16.5. The van der Waals surface area contributed by atoms with Crippen molar-refractivity contribution in [3.8, 4) is 11.1 Å². The molecule has 5 rings (SSSR count). The van der Waals surface area contributed by atoms with Gasteiger partial charge in [0.15, 0.2) is 0 Å². The van der Waals surface area contributed by atoms with Crippen LogP contribution >= 0.6 is 0 Å². The zero-order valence-electron chi connectivity index (χ0n) is 26.7. The van der Waals surface area contributed by atoms with Crippen molar-refractivity contribution in [2.24, 2.45) is 0 Å². The number of ether oxygens (including phenoxy) is 1. The van der Waals surface area contributed by atoms with E-state index in [-0.39, 0.29) is 49.3 Å². The highest BCUT2D eigenvalue weighted by molar-refractivity contribution is 6.13. The Morgan fingerprint density at radius 2 is 1.53 bits per heavy atom. The number of aliphatic hydroxyl groups is 1. The largest absolute Gasteiger partial charge is 0.394 e. The van der Waals surface area contributed by atoms with E-state index in [1.807, 2.05) is 12.1 Å². The van der Waals surface area contributed by atoms with E-state index in [9.17, 15) is 14.4 Å². The second kappa shape index (κ2) is 15.9. The summed E-state index contributed by atoms with van der Waals surface area (Å²) in [7, 11) is 0. The molecular weight excluding hydrogens is 596 g/mol. The van der Waals surface area contributed by atoms with Crippen LogP contribution in [0.5, 0.6) is 0 Å². The van der Waals surface area contributed by atoms with E-state index in [0.717, 1.165) is 42.7 Å². The molecule has 0 saturated carbocycles. The molecule has 0 spiro atoms. The Kier molecular flexibility index (Phi) is 11.3. The van der Waals surface area contributed by atoms with Crippen LogP contribution in [0.4, 0.5) is 17.3 Å². The summed E-state index contributed by atoms with van der Waals surface area (Å²) in [6.45, 7) is 6.50. The van der Waals surface area contributed by atoms with Crippen molar-refractivity contribution in [2.75, 3.05) is 55.0 Å². The van der Waals surface area contributed by atoms with Gasteiger partial charge < -0.3 is 25.4 Å². The minimum absolute atomic E-state index is 0.0926. The van der Waals surface area contributed by atoms with Crippen molar-refractivity contribution in [1.29, 1.82) is 0 Å². The number of anilines is 3. The molecule has 3 aromatic carbocycles. The molecule has 0 atom stereocenters. The number of aliphatic hydroxyl groups excluding tert-OH is 1. The molecule has 0 bridgehead atoms. The van der Waals surface area contributed by atoms with E-state index in [2.05, 4.69) is 56.8 Å². The van der Waals surface area contributed by atoms with Crippen molar-refractivity contribution in [1.82, 2.24) is 15.3 Å². The van der Waals surface area contributed by atoms with Gasteiger partial charge in [-0.1, -0.05) is 24.3 Å². The molecule has 47 heavy (non-hydrogen) atoms. The Labute approximate surface area is 274 Å². The number of rotatable bonds is 12. The quantitative estimate of drug-likeness (QED) is 0.159. The van der Waals surface area contributed by atoms with Crippen LogP contribution in [-0.2, 0) is 4.74 Å². The van der Waals surface area contributed by atoms with E-state index in [1.165, 1.54) is 23.6 Å². The normalized spacial score (nSPS) is 12.8. The summed E-state index contributed by atoms with van der Waals surface area (Å²) < 4.78 is 5.17. The second-order valence-electron chi connectivity index (χ2n) is 11.5. The monoisotopic (exact) mass is 636 g/mol. The Morgan fingerprint density at radius 3 is 2.26 bits per heavy atom. The number of carbonyl (C=O) groups is 3. The van der Waals surface area contributed by atoms with Gasteiger partial charge in [0.05, 0.1) is 31.1 Å². The number of hydrogen-bond acceptors (Lipinski definition) is 8. The topological polar surface area (TPSA) is 146 Å². The highest BCUT2D eigenvalue weighted by Crippen LogP contribution is 2.28. The summed E-state index contributed by atoms with van der Waals surface area (Å²) in [5.41, 5.74) is 6.21. The van der Waals surface area contributed by atoms with Gasteiger partial charge in [-0.3, -0.25) is 19.7 Å². The summed E-state index contributed by atoms with van der Waals surface area (Å²) >= 11 is 0. The maximum absolute atomic E-state index is 13.7. The van der Waals surface area contributed by atoms with Gasteiger partial charge in [0, 0.05) is 54.4 Å². The maximum Gasteiger partial charge on any atom is 0.260 e. The van der Waals surface area contributed by atoms with E-state index < -0.39 is 11.8 Å². The molecule has 244 valence electrons. The predicted octanol–water partition coefficient (Wildman–Crippen LogP) is 4.99. The van der Waals surface area contributed by atoms with Crippen molar-refractivity contribution in [3.63, 3.8) is 0 Å². The summed E-state index contributed by atoms with van der Waals surface area (Å²) in [5, 5.41) is 17.2. The van der Waals surface area contributed by atoms with Gasteiger partial charge in [-0.05, 0) is 86.2 Å². The third-order valence-electron chi connectivity index (χ3n) is 8.09. The fourth-order valence-corrected chi connectivity index (χ4v) is 5.31. The van der Waals surface area contributed by atoms with Crippen LogP contribution in [0.25, 0.3) is 11.1 Å². The van der Waals surface area contributed by atoms with Gasteiger partial charge in [-0.15, -0.1) is 0 Å². The Balaban J connectivity index is 1.33. The number of aryl methyl sites for hydroxylation is 2. The second-order valence-corrected chi connectivity index (χ2v) is 11.5. The van der Waals surface area contributed by atoms with Gasteiger partial charge in [0.1, 0.15) is 0 Å². The molecule has 1 fully saturated rings. The van der Waals surface area contributed by atoms with Gasteiger partial charge >= 0.3 is 0 Å². The van der Waals surface area contributed by atoms with Gasteiger partial charge in [0.2, 0.25) is 5.95 Å². The third-order valence-corrected chi connectivity index (χ3v) is 8.09. The number of carbonyl (C=O) groups excluding carboxylic acids is 3. The zero-order chi connectivity index (χ0) is 33.2. The van der Waals surface area contributed by atoms with E-state index >= 15 is 0 Å². The lowest BCUT2D eigenvalue weighted by Crippen LogP contribution is -2.30. The van der Waals surface area contributed by atoms with Crippen molar-refractivity contribution >= 4 is 35.0 Å². The molecule has 4 N–H and O–H groups in total. The lowest BCUT2D eigenvalue weighted by atomic mass is 10.0. The molecule has 1 aliphatic rings. The Hall–Kier alpha value is -5.13. The van der Waals surface area contributed by atoms with Crippen molar-refractivity contribution in [2.45, 2.75) is 33.1 Å². The lowest BCUT2D eigenvalue weighted by Gasteiger charge is -2.29. The average molecular weight is 637 g/mol. The number of nitrogens with zero attached hydrogens (tertiary/aromatic N) is 3. The van der Waals surface area contributed by atoms with Crippen LogP contribution in [0, 0.1) is 13.8 Å². The summed E-state index contributed by atoms with van der Waals surface area (Å²) in [4.78, 5) is 50.7. The van der Waals surface area contributed by atoms with Crippen LogP contribution in [-0.4, -0.2) is 72.3 Å². The summed E-state index contributed by atoms with van der Waals surface area (Å²) in [6.07, 6.45) is 6.65. The summed E-state index contributed by atoms with van der Waals surface area (Å²) in [6, 6.07) is 17.9. The summed E-state index contributed by atoms with van der Waals surface area (Å²) in [5.74, 6) is -1.15. The minimum atomic E-state index is -0.473. The third kappa shape index (κ3) is 8.78. The molecule has 0 unspecified atom stereocenters. The van der Waals surface area contributed by atoms with E-state index in [4.69, 9.17) is 9.84 Å². The van der Waals surface area contributed by atoms with Crippen LogP contribution in [0.2, 0.25) is 0 Å². The smallest absolute Gasteiger partial charge is 0.260 e. The minimum Gasteiger partial charge on any atom is -0.394 e. The molecule has 0 radical (unpaired) electrons. The van der Waals surface area contributed by atoms with Crippen molar-refractivity contribution < 1.29 is 24.2 Å². The van der Waals surface area contributed by atoms with Crippen LogP contribution in [0.3, 0.4) is 0 Å². The first-order valence-corrected chi connectivity index (χ1v) is 15.8. The number of piperidine rings is 1. The molecule has 4 aromatic rings. The van der Waals surface area contributed by atoms with Gasteiger partial charge in [-0.2, -0.15) is 0 Å². The number of hydrogen-bond donors (Lipinski definition) is 4. The first-order chi connectivity index (χ1) is 22.8. The number of aromatic nitrogens is 2. The van der Waals surface area contributed by atoms with Crippen LogP contribution in [0.1, 0.15) is 61.5 Å². The first kappa shape index (κ1) is 33.2. The van der Waals surface area contributed by atoms with Crippen LogP contribution in [0.15, 0.2) is 73.1 Å². The molecule has 11 heteroatoms. The van der Waals surface area contributed by atoms with E-state index in [1.54, 1.807) is 42.7 Å².